The van der Waals surface area contributed by atoms with Crippen LogP contribution in [0.2, 0.25) is 0 Å². The zero-order valence-corrected chi connectivity index (χ0v) is 11.8. The summed E-state index contributed by atoms with van der Waals surface area (Å²) in [5.74, 6) is 1.36. The Labute approximate surface area is 119 Å². The first-order valence-corrected chi connectivity index (χ1v) is 6.74. The van der Waals surface area contributed by atoms with Gasteiger partial charge < -0.3 is 9.47 Å². The zero-order chi connectivity index (χ0) is 14.1. The molecule has 0 atom stereocenters. The summed E-state index contributed by atoms with van der Waals surface area (Å²) in [5.41, 5.74) is 1.85. The molecule has 20 heavy (non-hydrogen) atoms. The van der Waals surface area contributed by atoms with E-state index in [1.54, 1.807) is 18.6 Å². The molecule has 0 saturated carbocycles. The summed E-state index contributed by atoms with van der Waals surface area (Å²) in [5, 5.41) is 11.3. The van der Waals surface area contributed by atoms with Gasteiger partial charge in [-0.1, -0.05) is 0 Å². The second kappa shape index (κ2) is 4.87. The van der Waals surface area contributed by atoms with E-state index in [4.69, 9.17) is 9.47 Å². The van der Waals surface area contributed by atoms with E-state index < -0.39 is 0 Å². The molecule has 0 spiro atoms. The van der Waals surface area contributed by atoms with Gasteiger partial charge in [-0.3, -0.25) is 4.40 Å². The number of hydrogen-bond acceptors (Lipinski definition) is 5. The number of hydrogen-bond donors (Lipinski definition) is 0. The van der Waals surface area contributed by atoms with Crippen LogP contribution in [0.25, 0.3) is 16.2 Å². The number of rotatable bonds is 3. The van der Waals surface area contributed by atoms with Crippen LogP contribution >= 0.6 is 11.3 Å². The van der Waals surface area contributed by atoms with Crippen molar-refractivity contribution in [2.24, 2.45) is 0 Å². The Morgan fingerprint density at radius 1 is 1.30 bits per heavy atom. The number of methoxy groups -OCH3 is 2. The molecule has 0 bridgehead atoms. The monoisotopic (exact) mass is 285 g/mol. The molecule has 0 amide bonds. The molecular formula is C14H11N3O2S. The molecular weight excluding hydrogens is 274 g/mol. The summed E-state index contributed by atoms with van der Waals surface area (Å²) in [6.07, 6.45) is 1.84. The molecule has 3 rings (SSSR count). The molecule has 0 unspecified atom stereocenters. The fourth-order valence-electron chi connectivity index (χ4n) is 2.08. The third-order valence-corrected chi connectivity index (χ3v) is 3.79. The van der Waals surface area contributed by atoms with Crippen molar-refractivity contribution in [3.8, 4) is 28.8 Å². The van der Waals surface area contributed by atoms with E-state index in [1.807, 2.05) is 29.8 Å². The maximum Gasteiger partial charge on any atom is 0.195 e. The second-order valence-electron chi connectivity index (χ2n) is 4.04. The van der Waals surface area contributed by atoms with Crippen LogP contribution in [0, 0.1) is 11.3 Å². The summed E-state index contributed by atoms with van der Waals surface area (Å²) >= 11 is 1.48. The molecule has 1 aromatic carbocycles. The van der Waals surface area contributed by atoms with Crippen molar-refractivity contribution in [2.45, 2.75) is 0 Å². The van der Waals surface area contributed by atoms with E-state index in [2.05, 4.69) is 11.1 Å². The minimum Gasteiger partial charge on any atom is -0.497 e. The molecule has 5 nitrogen and oxygen atoms in total. The van der Waals surface area contributed by atoms with E-state index in [0.29, 0.717) is 22.9 Å². The van der Waals surface area contributed by atoms with Crippen LogP contribution in [0.15, 0.2) is 29.8 Å². The summed E-state index contributed by atoms with van der Waals surface area (Å²) in [6.45, 7) is 0. The lowest BCUT2D eigenvalue weighted by molar-refractivity contribution is 0.404. The van der Waals surface area contributed by atoms with Gasteiger partial charge in [0.05, 0.1) is 14.2 Å². The van der Waals surface area contributed by atoms with Crippen LogP contribution in [0.4, 0.5) is 0 Å². The molecule has 2 aromatic heterocycles. The smallest absolute Gasteiger partial charge is 0.195 e. The number of imidazole rings is 1. The third-order valence-electron chi connectivity index (χ3n) is 3.03. The predicted molar refractivity (Wildman–Crippen MR) is 76.3 cm³/mol. The van der Waals surface area contributed by atoms with Gasteiger partial charge in [-0.15, -0.1) is 11.3 Å². The number of benzene rings is 1. The molecule has 0 fully saturated rings. The first kappa shape index (κ1) is 12.5. The van der Waals surface area contributed by atoms with Crippen molar-refractivity contribution in [1.29, 1.82) is 5.26 Å². The van der Waals surface area contributed by atoms with E-state index in [-0.39, 0.29) is 0 Å². The molecule has 0 radical (unpaired) electrons. The highest BCUT2D eigenvalue weighted by Crippen LogP contribution is 2.35. The standard InChI is InChI=1S/C14H11N3O2S/c1-18-9-3-4-12(19-2)10(7-9)13-11(8-15)17-5-6-20-14(17)16-13/h3-7H,1-2H3. The van der Waals surface area contributed by atoms with Gasteiger partial charge in [-0.25, -0.2) is 4.98 Å². The highest BCUT2D eigenvalue weighted by Gasteiger charge is 2.18. The van der Waals surface area contributed by atoms with Crippen LogP contribution in [0.5, 0.6) is 11.5 Å². The average molecular weight is 285 g/mol. The maximum absolute atomic E-state index is 9.40. The molecule has 2 heterocycles. The Balaban J connectivity index is 2.29. The number of fused-ring (bicyclic) bond motifs is 1. The lowest BCUT2D eigenvalue weighted by atomic mass is 10.1. The number of ether oxygens (including phenoxy) is 2. The predicted octanol–water partition coefficient (Wildman–Crippen LogP) is 2.95. The SMILES string of the molecule is COc1ccc(OC)c(-c2nc3sccn3c2C#N)c1. The van der Waals surface area contributed by atoms with E-state index in [1.165, 1.54) is 11.3 Å². The van der Waals surface area contributed by atoms with Gasteiger partial charge in [0.15, 0.2) is 10.7 Å². The summed E-state index contributed by atoms with van der Waals surface area (Å²) in [7, 11) is 3.19. The van der Waals surface area contributed by atoms with Crippen LogP contribution in [0.1, 0.15) is 5.69 Å². The number of nitriles is 1. The molecule has 0 saturated heterocycles. The minimum atomic E-state index is 0.493. The Morgan fingerprint density at radius 3 is 2.85 bits per heavy atom. The second-order valence-corrected chi connectivity index (χ2v) is 4.92. The van der Waals surface area contributed by atoms with Gasteiger partial charge in [0, 0.05) is 17.1 Å². The van der Waals surface area contributed by atoms with Crippen molar-refractivity contribution in [1.82, 2.24) is 9.38 Å². The number of nitrogens with zero attached hydrogens (tertiary/aromatic N) is 3. The van der Waals surface area contributed by atoms with E-state index in [9.17, 15) is 5.26 Å². The van der Waals surface area contributed by atoms with Crippen molar-refractivity contribution in [2.75, 3.05) is 14.2 Å². The molecule has 0 aliphatic rings. The van der Waals surface area contributed by atoms with Crippen molar-refractivity contribution >= 4 is 16.3 Å². The van der Waals surface area contributed by atoms with Crippen LogP contribution in [0.3, 0.4) is 0 Å². The molecule has 0 N–H and O–H groups in total. The van der Waals surface area contributed by atoms with Gasteiger partial charge in [-0.2, -0.15) is 5.26 Å². The van der Waals surface area contributed by atoms with Crippen molar-refractivity contribution in [3.05, 3.63) is 35.5 Å². The molecule has 3 aromatic rings. The lowest BCUT2D eigenvalue weighted by Gasteiger charge is -2.08. The Kier molecular flexibility index (Phi) is 3.05. The average Bonchev–Trinajstić information content (AvgIpc) is 3.06. The Hall–Kier alpha value is -2.52. The first-order valence-electron chi connectivity index (χ1n) is 5.86. The quantitative estimate of drug-likeness (QED) is 0.742. The lowest BCUT2D eigenvalue weighted by Crippen LogP contribution is -1.92. The van der Waals surface area contributed by atoms with Crippen molar-refractivity contribution < 1.29 is 9.47 Å². The van der Waals surface area contributed by atoms with Gasteiger partial charge in [-0.05, 0) is 18.2 Å². The summed E-state index contributed by atoms with van der Waals surface area (Å²) in [6, 6.07) is 7.65. The molecule has 100 valence electrons. The third kappa shape index (κ3) is 1.80. The Bertz CT molecular complexity index is 814. The van der Waals surface area contributed by atoms with Crippen LogP contribution in [-0.2, 0) is 0 Å². The zero-order valence-electron chi connectivity index (χ0n) is 11.0. The molecule has 0 aliphatic heterocycles. The number of thiazole rings is 1. The highest BCUT2D eigenvalue weighted by molar-refractivity contribution is 7.15. The number of aromatic nitrogens is 2. The highest BCUT2D eigenvalue weighted by atomic mass is 32.1. The fraction of sp³-hybridized carbons (Fsp3) is 0.143. The summed E-state index contributed by atoms with van der Waals surface area (Å²) in [4.78, 5) is 5.30. The van der Waals surface area contributed by atoms with E-state index >= 15 is 0 Å². The van der Waals surface area contributed by atoms with Gasteiger partial charge in [0.2, 0.25) is 0 Å². The normalized spacial score (nSPS) is 10.4. The first-order chi connectivity index (χ1) is 9.78. The largest absolute Gasteiger partial charge is 0.497 e. The van der Waals surface area contributed by atoms with Crippen molar-refractivity contribution in [3.63, 3.8) is 0 Å². The maximum atomic E-state index is 9.40. The van der Waals surface area contributed by atoms with Gasteiger partial charge in [0.25, 0.3) is 0 Å². The van der Waals surface area contributed by atoms with Crippen LogP contribution in [-0.4, -0.2) is 23.6 Å². The Morgan fingerprint density at radius 2 is 2.15 bits per heavy atom. The molecule has 6 heteroatoms. The summed E-state index contributed by atoms with van der Waals surface area (Å²) < 4.78 is 12.4. The van der Waals surface area contributed by atoms with Gasteiger partial charge in [0.1, 0.15) is 23.3 Å². The minimum absolute atomic E-state index is 0.493. The van der Waals surface area contributed by atoms with Gasteiger partial charge >= 0.3 is 0 Å². The molecule has 0 aliphatic carbocycles. The fourth-order valence-corrected chi connectivity index (χ4v) is 2.79. The van der Waals surface area contributed by atoms with E-state index in [0.717, 1.165) is 10.5 Å². The van der Waals surface area contributed by atoms with Crippen LogP contribution < -0.4 is 9.47 Å². The topological polar surface area (TPSA) is 59.6 Å².